The number of hydrogen-bond donors (Lipinski definition) is 2. The minimum atomic E-state index is -0.273. The van der Waals surface area contributed by atoms with Crippen LogP contribution in [0, 0.1) is 6.92 Å². The average molecular weight is 377 g/mol. The van der Waals surface area contributed by atoms with E-state index in [1.165, 1.54) is 11.3 Å². The van der Waals surface area contributed by atoms with Crippen LogP contribution in [0.15, 0.2) is 61.3 Å². The van der Waals surface area contributed by atoms with Gasteiger partial charge in [0.2, 0.25) is 5.91 Å². The maximum absolute atomic E-state index is 13.1. The second-order valence-corrected chi connectivity index (χ2v) is 7.54. The molecule has 0 unspecified atom stereocenters. The van der Waals surface area contributed by atoms with Crippen molar-refractivity contribution >= 4 is 11.6 Å². The monoisotopic (exact) mass is 377 g/mol. The molecule has 1 aliphatic heterocycles. The van der Waals surface area contributed by atoms with Crippen molar-refractivity contribution < 1.29 is 4.79 Å². The normalized spacial score (nSPS) is 16.1. The summed E-state index contributed by atoms with van der Waals surface area (Å²) in [5, 5.41) is 3.28. The second kappa shape index (κ2) is 8.33. The molecule has 6 heteroatoms. The molecule has 4 rings (SSSR count). The van der Waals surface area contributed by atoms with Gasteiger partial charge in [0, 0.05) is 55.5 Å². The van der Waals surface area contributed by atoms with Crippen molar-refractivity contribution in [2.45, 2.75) is 38.3 Å². The average Bonchev–Trinajstić information content (AvgIpc) is 3.41. The van der Waals surface area contributed by atoms with E-state index in [0.717, 1.165) is 31.6 Å². The lowest BCUT2D eigenvalue weighted by Gasteiger charge is -2.34. The van der Waals surface area contributed by atoms with Crippen molar-refractivity contribution in [2.75, 3.05) is 18.0 Å². The van der Waals surface area contributed by atoms with Crippen LogP contribution in [-0.4, -0.2) is 39.6 Å². The Balaban J connectivity index is 1.37. The quantitative estimate of drug-likeness (QED) is 0.694. The van der Waals surface area contributed by atoms with Crippen LogP contribution >= 0.6 is 0 Å². The summed E-state index contributed by atoms with van der Waals surface area (Å²) in [5.41, 5.74) is 3.51. The molecule has 3 aromatic rings. The van der Waals surface area contributed by atoms with Crippen LogP contribution in [0.4, 0.5) is 5.69 Å². The number of amides is 1. The van der Waals surface area contributed by atoms with Gasteiger partial charge in [-0.1, -0.05) is 12.1 Å². The van der Waals surface area contributed by atoms with E-state index in [1.807, 2.05) is 29.1 Å². The predicted molar refractivity (Wildman–Crippen MR) is 110 cm³/mol. The first-order valence-corrected chi connectivity index (χ1v) is 9.91. The van der Waals surface area contributed by atoms with Gasteiger partial charge in [0.25, 0.3) is 0 Å². The summed E-state index contributed by atoms with van der Waals surface area (Å²) in [6, 6.07) is 12.5. The Hall–Kier alpha value is -3.02. The highest BCUT2D eigenvalue weighted by Gasteiger charge is 2.26. The van der Waals surface area contributed by atoms with Crippen molar-refractivity contribution in [1.82, 2.24) is 19.9 Å². The van der Waals surface area contributed by atoms with Gasteiger partial charge in [-0.3, -0.25) is 4.79 Å². The van der Waals surface area contributed by atoms with Crippen molar-refractivity contribution in [3.05, 3.63) is 72.6 Å². The van der Waals surface area contributed by atoms with Crippen LogP contribution in [0.1, 0.15) is 30.1 Å². The summed E-state index contributed by atoms with van der Waals surface area (Å²) in [6.07, 6.45) is 9.85. The number of hydrogen-bond acceptors (Lipinski definition) is 3. The van der Waals surface area contributed by atoms with Gasteiger partial charge < -0.3 is 19.8 Å². The Morgan fingerprint density at radius 1 is 1.25 bits per heavy atom. The molecule has 2 N–H and O–H groups in total. The molecule has 6 nitrogen and oxygen atoms in total. The summed E-state index contributed by atoms with van der Waals surface area (Å²) in [7, 11) is 0. The highest BCUT2D eigenvalue weighted by Crippen LogP contribution is 2.22. The molecule has 1 aliphatic rings. The first kappa shape index (κ1) is 18.3. The lowest BCUT2D eigenvalue weighted by atomic mass is 10.0. The Bertz CT molecular complexity index is 880. The molecule has 2 aromatic heterocycles. The van der Waals surface area contributed by atoms with E-state index < -0.39 is 0 Å². The molecule has 28 heavy (non-hydrogen) atoms. The Kier molecular flexibility index (Phi) is 5.46. The smallest absolute Gasteiger partial charge is 0.243 e. The van der Waals surface area contributed by atoms with Gasteiger partial charge in [0.1, 0.15) is 6.04 Å². The highest BCUT2D eigenvalue weighted by molar-refractivity contribution is 5.81. The molecule has 1 saturated heterocycles. The highest BCUT2D eigenvalue weighted by atomic mass is 16.2. The Morgan fingerprint density at radius 2 is 2.04 bits per heavy atom. The largest absolute Gasteiger partial charge is 0.371 e. The third-order valence-corrected chi connectivity index (χ3v) is 5.47. The fourth-order valence-electron chi connectivity index (χ4n) is 3.90. The lowest BCUT2D eigenvalue weighted by molar-refractivity contribution is -0.125. The van der Waals surface area contributed by atoms with E-state index in [0.29, 0.717) is 6.42 Å². The van der Waals surface area contributed by atoms with E-state index in [4.69, 9.17) is 0 Å². The van der Waals surface area contributed by atoms with Crippen molar-refractivity contribution in [3.8, 4) is 0 Å². The van der Waals surface area contributed by atoms with E-state index in [2.05, 4.69) is 51.4 Å². The molecule has 1 aromatic carbocycles. The van der Waals surface area contributed by atoms with Crippen LogP contribution in [0.25, 0.3) is 0 Å². The fourth-order valence-corrected chi connectivity index (χ4v) is 3.90. The minimum Gasteiger partial charge on any atom is -0.371 e. The topological polar surface area (TPSA) is 66.0 Å². The fraction of sp³-hybridized carbons (Fsp3) is 0.364. The number of H-pyrrole nitrogens is 1. The van der Waals surface area contributed by atoms with Crippen LogP contribution in [0.2, 0.25) is 0 Å². The molecule has 0 saturated carbocycles. The molecule has 0 aliphatic carbocycles. The maximum Gasteiger partial charge on any atom is 0.243 e. The minimum absolute atomic E-state index is 0.0693. The second-order valence-electron chi connectivity index (χ2n) is 7.54. The number of benzene rings is 1. The van der Waals surface area contributed by atoms with Crippen LogP contribution in [0.5, 0.6) is 0 Å². The molecule has 146 valence electrons. The van der Waals surface area contributed by atoms with Gasteiger partial charge >= 0.3 is 0 Å². The number of anilines is 1. The van der Waals surface area contributed by atoms with Crippen molar-refractivity contribution in [3.63, 3.8) is 0 Å². The molecule has 0 spiro atoms. The zero-order valence-corrected chi connectivity index (χ0v) is 16.2. The Morgan fingerprint density at radius 3 is 2.71 bits per heavy atom. The first-order valence-electron chi connectivity index (χ1n) is 9.91. The number of nitrogens with one attached hydrogen (secondary N) is 2. The van der Waals surface area contributed by atoms with Crippen LogP contribution in [-0.2, 0) is 11.2 Å². The van der Waals surface area contributed by atoms with Gasteiger partial charge in [0.05, 0.1) is 6.33 Å². The predicted octanol–water partition coefficient (Wildman–Crippen LogP) is 3.09. The van der Waals surface area contributed by atoms with Crippen molar-refractivity contribution in [2.24, 2.45) is 0 Å². The van der Waals surface area contributed by atoms with Crippen LogP contribution in [0.3, 0.4) is 0 Å². The number of piperidine rings is 1. The molecule has 1 amide bonds. The zero-order chi connectivity index (χ0) is 19.3. The number of imidazole rings is 1. The Labute approximate surface area is 165 Å². The summed E-state index contributed by atoms with van der Waals surface area (Å²) in [6.45, 7) is 4.05. The number of aryl methyl sites for hydroxylation is 1. The number of carbonyl (C=O) groups excluding carboxylic acids is 1. The van der Waals surface area contributed by atoms with Gasteiger partial charge in [-0.2, -0.15) is 0 Å². The molecular formula is C22H27N5O. The first-order chi connectivity index (χ1) is 13.7. The van der Waals surface area contributed by atoms with Crippen molar-refractivity contribution in [1.29, 1.82) is 0 Å². The number of rotatable bonds is 6. The van der Waals surface area contributed by atoms with E-state index in [9.17, 15) is 4.79 Å². The third-order valence-electron chi connectivity index (χ3n) is 5.47. The van der Waals surface area contributed by atoms with E-state index in [-0.39, 0.29) is 18.0 Å². The number of nitrogens with zero attached hydrogens (tertiary/aromatic N) is 3. The number of aromatic amines is 1. The standard InChI is InChI=1S/C22H27N5O/c1-17-5-4-6-20(13-17)26-11-7-18(8-12-26)25-22(28)21(27-9-2-3-10-27)14-19-15-23-16-24-19/h2-6,9-10,13,15-16,18,21H,7-8,11-12,14H2,1H3,(H,23,24)(H,25,28)/t21-/m0/s1. The summed E-state index contributed by atoms with van der Waals surface area (Å²) >= 11 is 0. The molecule has 1 atom stereocenters. The van der Waals surface area contributed by atoms with Gasteiger partial charge in [-0.15, -0.1) is 0 Å². The molecule has 1 fully saturated rings. The zero-order valence-electron chi connectivity index (χ0n) is 16.2. The number of aromatic nitrogens is 3. The maximum atomic E-state index is 13.1. The van der Waals surface area contributed by atoms with Gasteiger partial charge in [-0.25, -0.2) is 4.98 Å². The molecule has 0 radical (unpaired) electrons. The van der Waals surface area contributed by atoms with Gasteiger partial charge in [0.15, 0.2) is 0 Å². The summed E-state index contributed by atoms with van der Waals surface area (Å²) in [4.78, 5) is 22.6. The van der Waals surface area contributed by atoms with Gasteiger partial charge in [-0.05, 0) is 49.6 Å². The third kappa shape index (κ3) is 4.27. The van der Waals surface area contributed by atoms with E-state index >= 15 is 0 Å². The van der Waals surface area contributed by atoms with Crippen LogP contribution < -0.4 is 10.2 Å². The SMILES string of the molecule is Cc1cccc(N2CCC(NC(=O)[C@H](Cc3cnc[nH]3)n3cccc3)CC2)c1. The lowest BCUT2D eigenvalue weighted by Crippen LogP contribution is -2.47. The summed E-state index contributed by atoms with van der Waals surface area (Å²) in [5.74, 6) is 0.0693. The molecule has 3 heterocycles. The summed E-state index contributed by atoms with van der Waals surface area (Å²) < 4.78 is 1.97. The van der Waals surface area contributed by atoms with E-state index in [1.54, 1.807) is 12.5 Å². The molecular weight excluding hydrogens is 350 g/mol. The molecule has 0 bridgehead atoms. The number of carbonyl (C=O) groups is 1.